The van der Waals surface area contributed by atoms with Gasteiger partial charge in [-0.1, -0.05) is 129 Å². The van der Waals surface area contributed by atoms with E-state index >= 15 is 4.79 Å². The van der Waals surface area contributed by atoms with Crippen molar-refractivity contribution in [1.29, 1.82) is 0 Å². The maximum Gasteiger partial charge on any atom is 0.252 e. The second-order valence-corrected chi connectivity index (χ2v) is 14.9. The zero-order chi connectivity index (χ0) is 33.1. The van der Waals surface area contributed by atoms with Crippen molar-refractivity contribution in [3.8, 4) is 11.3 Å². The Bertz CT molecular complexity index is 1920. The molecule has 0 radical (unpaired) electrons. The lowest BCUT2D eigenvalue weighted by atomic mass is 9.75. The Morgan fingerprint density at radius 2 is 1.45 bits per heavy atom. The van der Waals surface area contributed by atoms with Gasteiger partial charge in [-0.3, -0.25) is 4.79 Å². The predicted molar refractivity (Wildman–Crippen MR) is 188 cm³/mol. The molecule has 0 fully saturated rings. The molecule has 1 aliphatic rings. The molecular formula is C40H43N3O3S. The molecule has 0 unspecified atom stereocenters. The molecule has 1 N–H and O–H groups in total. The van der Waals surface area contributed by atoms with Gasteiger partial charge in [0.15, 0.2) is 0 Å². The number of hydrogen-bond acceptors (Lipinski definition) is 4. The molecular weight excluding hydrogens is 603 g/mol. The van der Waals surface area contributed by atoms with Gasteiger partial charge in [-0.15, -0.1) is 0 Å². The van der Waals surface area contributed by atoms with E-state index in [1.54, 1.807) is 28.9 Å². The first-order chi connectivity index (χ1) is 22.6. The van der Waals surface area contributed by atoms with Gasteiger partial charge in [0.2, 0.25) is 10.0 Å². The Labute approximate surface area is 278 Å². The van der Waals surface area contributed by atoms with Crippen molar-refractivity contribution < 1.29 is 13.2 Å². The average molecular weight is 646 g/mol. The number of nitrogens with one attached hydrogen (secondary N) is 1. The Kier molecular flexibility index (Phi) is 9.57. The van der Waals surface area contributed by atoms with Crippen LogP contribution in [-0.4, -0.2) is 24.1 Å². The number of aromatic nitrogens is 2. The summed E-state index contributed by atoms with van der Waals surface area (Å²) in [5.41, 5.74) is 6.48. The fraction of sp³-hybridized carbons (Fsp3) is 0.300. The maximum atomic E-state index is 15.3. The van der Waals surface area contributed by atoms with Crippen LogP contribution in [0.3, 0.4) is 0 Å². The SMILES string of the molecule is Cc1ccc(S(=O)(=O)N[C@@H](c2ccccc2)[C@H](Cc2ccccc2)C(=O)n2nc3c(c2-c2ccccc2)[C@@H](C)CC[C@H]3C(C)C)cc1. The molecule has 0 saturated heterocycles. The number of nitrogens with zero attached hydrogens (tertiary/aromatic N) is 2. The Balaban J connectivity index is 1.55. The van der Waals surface area contributed by atoms with Gasteiger partial charge in [0.05, 0.1) is 28.2 Å². The van der Waals surface area contributed by atoms with Crippen molar-refractivity contribution in [1.82, 2.24) is 14.5 Å². The fourth-order valence-corrected chi connectivity index (χ4v) is 8.23. The third-order valence-electron chi connectivity index (χ3n) is 9.56. The van der Waals surface area contributed by atoms with Gasteiger partial charge in [0.25, 0.3) is 5.91 Å². The molecule has 6 nitrogen and oxygen atoms in total. The molecule has 242 valence electrons. The highest BCUT2D eigenvalue weighted by Gasteiger charge is 2.40. The van der Waals surface area contributed by atoms with Crippen molar-refractivity contribution in [2.75, 3.05) is 0 Å². The number of fused-ring (bicyclic) bond motifs is 1. The maximum absolute atomic E-state index is 15.3. The van der Waals surface area contributed by atoms with E-state index < -0.39 is 22.0 Å². The summed E-state index contributed by atoms with van der Waals surface area (Å²) >= 11 is 0. The van der Waals surface area contributed by atoms with E-state index in [1.165, 1.54) is 0 Å². The van der Waals surface area contributed by atoms with E-state index in [0.29, 0.717) is 17.9 Å². The summed E-state index contributed by atoms with van der Waals surface area (Å²) in [6.45, 7) is 8.58. The lowest BCUT2D eigenvalue weighted by Crippen LogP contribution is -2.40. The molecule has 1 aliphatic carbocycles. The van der Waals surface area contributed by atoms with Crippen LogP contribution >= 0.6 is 0 Å². The molecule has 47 heavy (non-hydrogen) atoms. The number of sulfonamides is 1. The number of aryl methyl sites for hydroxylation is 1. The van der Waals surface area contributed by atoms with Gasteiger partial charge in [0.1, 0.15) is 0 Å². The summed E-state index contributed by atoms with van der Waals surface area (Å²) < 4.78 is 32.6. The fourth-order valence-electron chi connectivity index (χ4n) is 6.97. The molecule has 0 spiro atoms. The largest absolute Gasteiger partial charge is 0.272 e. The molecule has 0 bridgehead atoms. The van der Waals surface area contributed by atoms with Crippen LogP contribution < -0.4 is 4.72 Å². The first-order valence-electron chi connectivity index (χ1n) is 16.5. The third-order valence-corrected chi connectivity index (χ3v) is 11.0. The molecule has 4 atom stereocenters. The second-order valence-electron chi connectivity index (χ2n) is 13.2. The van der Waals surface area contributed by atoms with Crippen LogP contribution in [0.2, 0.25) is 0 Å². The van der Waals surface area contributed by atoms with E-state index in [-0.39, 0.29) is 22.6 Å². The summed E-state index contributed by atoms with van der Waals surface area (Å²) in [4.78, 5) is 15.4. The van der Waals surface area contributed by atoms with Crippen LogP contribution in [0, 0.1) is 18.8 Å². The number of hydrogen-bond donors (Lipinski definition) is 1. The number of carbonyl (C=O) groups is 1. The first-order valence-corrected chi connectivity index (χ1v) is 18.0. The molecule has 1 aromatic heterocycles. The summed E-state index contributed by atoms with van der Waals surface area (Å²) in [6, 6.07) is 35.2. The van der Waals surface area contributed by atoms with Gasteiger partial charge in [0, 0.05) is 17.0 Å². The summed E-state index contributed by atoms with van der Waals surface area (Å²) in [7, 11) is -4.00. The van der Waals surface area contributed by atoms with Crippen molar-refractivity contribution in [3.05, 3.63) is 143 Å². The zero-order valence-corrected chi connectivity index (χ0v) is 28.3. The molecule has 0 saturated carbocycles. The highest BCUT2D eigenvalue weighted by Crippen LogP contribution is 2.46. The van der Waals surface area contributed by atoms with Crippen molar-refractivity contribution in [3.63, 3.8) is 0 Å². The minimum atomic E-state index is -4.00. The van der Waals surface area contributed by atoms with E-state index in [4.69, 9.17) is 5.10 Å². The number of rotatable bonds is 10. The van der Waals surface area contributed by atoms with Crippen LogP contribution in [0.25, 0.3) is 11.3 Å². The molecule has 5 aromatic rings. The van der Waals surface area contributed by atoms with Crippen LogP contribution in [0.4, 0.5) is 0 Å². The summed E-state index contributed by atoms with van der Waals surface area (Å²) in [5, 5.41) is 5.17. The number of carbonyl (C=O) groups excluding carboxylic acids is 1. The normalized spacial score (nSPS) is 17.6. The molecule has 6 rings (SSSR count). The molecule has 1 heterocycles. The molecule has 0 amide bonds. The van der Waals surface area contributed by atoms with Crippen LogP contribution in [0.5, 0.6) is 0 Å². The second kappa shape index (κ2) is 13.8. The van der Waals surface area contributed by atoms with Gasteiger partial charge < -0.3 is 0 Å². The lowest BCUT2D eigenvalue weighted by molar-refractivity contribution is 0.0791. The van der Waals surface area contributed by atoms with Crippen LogP contribution in [0.15, 0.2) is 120 Å². The van der Waals surface area contributed by atoms with Gasteiger partial charge in [-0.25, -0.2) is 13.1 Å². The Morgan fingerprint density at radius 3 is 2.06 bits per heavy atom. The van der Waals surface area contributed by atoms with Gasteiger partial charge in [-0.2, -0.15) is 9.78 Å². The summed E-state index contributed by atoms with van der Waals surface area (Å²) in [5.74, 6) is -0.222. The molecule has 0 aliphatic heterocycles. The standard InChI is InChI=1S/C40H43N3O3S/c1-27(2)34-25-22-29(4)36-38(34)41-43(39(36)32-18-12-7-13-19-32)40(44)35(26-30-14-8-5-9-15-30)37(31-16-10-6-11-17-31)42-47(45,46)33-23-20-28(3)21-24-33/h5-21,23-24,27,29,34-35,37,42H,22,25-26H2,1-4H3/t29-,34-,35-,37-/m0/s1. The first kappa shape index (κ1) is 32.6. The summed E-state index contributed by atoms with van der Waals surface area (Å²) in [6.07, 6.45) is 2.35. The lowest BCUT2D eigenvalue weighted by Gasteiger charge is -2.29. The van der Waals surface area contributed by atoms with Crippen molar-refractivity contribution in [2.24, 2.45) is 11.8 Å². The predicted octanol–water partition coefficient (Wildman–Crippen LogP) is 8.71. The van der Waals surface area contributed by atoms with Gasteiger partial charge in [-0.05, 0) is 61.3 Å². The minimum absolute atomic E-state index is 0.156. The van der Waals surface area contributed by atoms with E-state index in [0.717, 1.165) is 46.5 Å². The van der Waals surface area contributed by atoms with E-state index in [9.17, 15) is 8.42 Å². The van der Waals surface area contributed by atoms with E-state index in [2.05, 4.69) is 25.5 Å². The van der Waals surface area contributed by atoms with Crippen molar-refractivity contribution >= 4 is 15.9 Å². The Hall–Kier alpha value is -4.33. The smallest absolute Gasteiger partial charge is 0.252 e. The minimum Gasteiger partial charge on any atom is -0.272 e. The zero-order valence-electron chi connectivity index (χ0n) is 27.5. The highest BCUT2D eigenvalue weighted by molar-refractivity contribution is 7.89. The third kappa shape index (κ3) is 6.87. The van der Waals surface area contributed by atoms with E-state index in [1.807, 2.05) is 97.9 Å². The topological polar surface area (TPSA) is 81.1 Å². The number of benzene rings is 4. The van der Waals surface area contributed by atoms with Gasteiger partial charge >= 0.3 is 0 Å². The van der Waals surface area contributed by atoms with Crippen molar-refractivity contribution in [2.45, 2.75) is 69.7 Å². The monoisotopic (exact) mass is 645 g/mol. The quantitative estimate of drug-likeness (QED) is 0.165. The average Bonchev–Trinajstić information content (AvgIpc) is 3.49. The van der Waals surface area contributed by atoms with Crippen LogP contribution in [0.1, 0.15) is 84.2 Å². The van der Waals surface area contributed by atoms with Crippen LogP contribution in [-0.2, 0) is 16.4 Å². The Morgan fingerprint density at radius 1 is 0.851 bits per heavy atom. The molecule has 4 aromatic carbocycles. The molecule has 7 heteroatoms. The highest BCUT2D eigenvalue weighted by atomic mass is 32.2.